The summed E-state index contributed by atoms with van der Waals surface area (Å²) in [7, 11) is 0. The number of amides is 1. The summed E-state index contributed by atoms with van der Waals surface area (Å²) < 4.78 is 5.19. The quantitative estimate of drug-likeness (QED) is 0.888. The molecule has 2 N–H and O–H groups in total. The van der Waals surface area contributed by atoms with Crippen LogP contribution in [0.4, 0.5) is 4.79 Å². The van der Waals surface area contributed by atoms with E-state index in [4.69, 9.17) is 4.74 Å². The van der Waals surface area contributed by atoms with Gasteiger partial charge in [0.15, 0.2) is 0 Å². The first kappa shape index (κ1) is 14.2. The molecule has 0 saturated carbocycles. The number of carbonyl (C=O) groups is 1. The third kappa shape index (κ3) is 4.14. The van der Waals surface area contributed by atoms with Gasteiger partial charge in [-0.05, 0) is 29.9 Å². The van der Waals surface area contributed by atoms with Crippen LogP contribution >= 0.6 is 11.8 Å². The Hall–Kier alpha value is -1.20. The lowest BCUT2D eigenvalue weighted by Gasteiger charge is -2.35. The Morgan fingerprint density at radius 2 is 2.00 bits per heavy atom. The minimum Gasteiger partial charge on any atom is -0.445 e. The topological polar surface area (TPSA) is 58.6 Å². The van der Waals surface area contributed by atoms with Gasteiger partial charge in [-0.15, -0.1) is 0 Å². The Morgan fingerprint density at radius 3 is 2.63 bits per heavy atom. The molecule has 1 heterocycles. The lowest BCUT2D eigenvalue weighted by molar-refractivity contribution is 0.102. The van der Waals surface area contributed by atoms with E-state index in [2.05, 4.69) is 5.32 Å². The molecule has 0 spiro atoms. The van der Waals surface area contributed by atoms with Crippen LogP contribution in [-0.2, 0) is 11.3 Å². The summed E-state index contributed by atoms with van der Waals surface area (Å²) in [4.78, 5) is 11.8. The van der Waals surface area contributed by atoms with Gasteiger partial charge in [0.05, 0.1) is 12.1 Å². The molecule has 0 radical (unpaired) electrons. The van der Waals surface area contributed by atoms with Crippen molar-refractivity contribution in [3.63, 3.8) is 0 Å². The van der Waals surface area contributed by atoms with Crippen LogP contribution in [0.25, 0.3) is 0 Å². The molecule has 1 fully saturated rings. The summed E-state index contributed by atoms with van der Waals surface area (Å²) in [6.07, 6.45) is 1.12. The first-order chi connectivity index (χ1) is 9.24. The molecule has 1 saturated heterocycles. The van der Waals surface area contributed by atoms with E-state index in [0.717, 1.165) is 29.9 Å². The number of thioether (sulfide) groups is 1. The van der Waals surface area contributed by atoms with Gasteiger partial charge in [0, 0.05) is 0 Å². The average Bonchev–Trinajstić information content (AvgIpc) is 2.47. The minimum atomic E-state index is -0.501. The highest BCUT2D eigenvalue weighted by molar-refractivity contribution is 7.99. The second-order valence-electron chi connectivity index (χ2n) is 4.74. The molecule has 4 nitrogen and oxygen atoms in total. The van der Waals surface area contributed by atoms with Crippen molar-refractivity contribution < 1.29 is 14.6 Å². The lowest BCUT2D eigenvalue weighted by atomic mass is 9.93. The fourth-order valence-electron chi connectivity index (χ4n) is 2.06. The zero-order valence-corrected chi connectivity index (χ0v) is 11.6. The maximum Gasteiger partial charge on any atom is 0.407 e. The molecule has 5 heteroatoms. The minimum absolute atomic E-state index is 0.0337. The van der Waals surface area contributed by atoms with Gasteiger partial charge in [-0.25, -0.2) is 4.79 Å². The van der Waals surface area contributed by atoms with Crippen LogP contribution in [0, 0.1) is 0 Å². The highest BCUT2D eigenvalue weighted by Gasteiger charge is 2.33. The summed E-state index contributed by atoms with van der Waals surface area (Å²) >= 11 is 1.85. The van der Waals surface area contributed by atoms with Crippen LogP contribution in [0.1, 0.15) is 18.4 Å². The Balaban J connectivity index is 1.83. The van der Waals surface area contributed by atoms with E-state index in [-0.39, 0.29) is 13.2 Å². The first-order valence-electron chi connectivity index (χ1n) is 6.42. The van der Waals surface area contributed by atoms with E-state index in [1.807, 2.05) is 42.1 Å². The van der Waals surface area contributed by atoms with Gasteiger partial charge in [-0.1, -0.05) is 30.3 Å². The predicted octanol–water partition coefficient (Wildman–Crippen LogP) is 2.17. The van der Waals surface area contributed by atoms with Crippen LogP contribution in [0.2, 0.25) is 0 Å². The number of hydrogen-bond acceptors (Lipinski definition) is 4. The van der Waals surface area contributed by atoms with Crippen LogP contribution in [0.15, 0.2) is 30.3 Å². The monoisotopic (exact) mass is 281 g/mol. The zero-order chi connectivity index (χ0) is 13.6. The van der Waals surface area contributed by atoms with Crippen molar-refractivity contribution >= 4 is 17.9 Å². The highest BCUT2D eigenvalue weighted by atomic mass is 32.2. The molecular formula is C14H19NO3S. The fourth-order valence-corrected chi connectivity index (χ4v) is 3.33. The maximum absolute atomic E-state index is 11.8. The second-order valence-corrected chi connectivity index (χ2v) is 5.96. The number of aliphatic hydroxyl groups is 1. The number of benzene rings is 1. The molecule has 104 valence electrons. The molecule has 1 aliphatic rings. The summed E-state index contributed by atoms with van der Waals surface area (Å²) in [5.74, 6) is 1.92. The smallest absolute Gasteiger partial charge is 0.407 e. The lowest BCUT2D eigenvalue weighted by Crippen LogP contribution is -2.53. The number of hydrogen-bond donors (Lipinski definition) is 2. The van der Waals surface area contributed by atoms with E-state index in [9.17, 15) is 9.90 Å². The second kappa shape index (κ2) is 6.82. The summed E-state index contributed by atoms with van der Waals surface area (Å²) in [5, 5.41) is 12.3. The summed E-state index contributed by atoms with van der Waals surface area (Å²) in [6.45, 7) is 0.219. The fraction of sp³-hybridized carbons (Fsp3) is 0.500. The molecule has 0 unspecified atom stereocenters. The van der Waals surface area contributed by atoms with E-state index >= 15 is 0 Å². The molecule has 1 amide bonds. The third-order valence-electron chi connectivity index (χ3n) is 3.33. The molecule has 0 aromatic heterocycles. The van der Waals surface area contributed by atoms with Crippen LogP contribution in [-0.4, -0.2) is 34.9 Å². The molecular weight excluding hydrogens is 262 g/mol. The van der Waals surface area contributed by atoms with Gasteiger partial charge in [0.25, 0.3) is 0 Å². The van der Waals surface area contributed by atoms with Crippen molar-refractivity contribution in [1.82, 2.24) is 5.32 Å². The molecule has 1 aromatic carbocycles. The van der Waals surface area contributed by atoms with E-state index < -0.39 is 11.6 Å². The first-order valence-corrected chi connectivity index (χ1v) is 7.57. The largest absolute Gasteiger partial charge is 0.445 e. The number of alkyl carbamates (subject to hydrolysis) is 1. The van der Waals surface area contributed by atoms with Gasteiger partial charge in [-0.2, -0.15) is 11.8 Å². The third-order valence-corrected chi connectivity index (χ3v) is 4.32. The van der Waals surface area contributed by atoms with Crippen molar-refractivity contribution in [2.75, 3.05) is 18.1 Å². The number of rotatable bonds is 4. The number of ether oxygens (including phenoxy) is 1. The molecule has 0 atom stereocenters. The Morgan fingerprint density at radius 1 is 1.32 bits per heavy atom. The van der Waals surface area contributed by atoms with Crippen molar-refractivity contribution in [3.8, 4) is 0 Å². The highest BCUT2D eigenvalue weighted by Crippen LogP contribution is 2.26. The van der Waals surface area contributed by atoms with E-state index in [1.165, 1.54) is 0 Å². The molecule has 0 aliphatic carbocycles. The SMILES string of the molecule is O=C(NC1(CO)CCSCC1)OCc1ccccc1. The van der Waals surface area contributed by atoms with Gasteiger partial charge < -0.3 is 15.2 Å². The number of carbonyl (C=O) groups excluding carboxylic acids is 1. The Kier molecular flexibility index (Phi) is 5.10. The molecule has 0 bridgehead atoms. The Bertz CT molecular complexity index is 404. The van der Waals surface area contributed by atoms with E-state index in [0.29, 0.717) is 0 Å². The summed E-state index contributed by atoms with van der Waals surface area (Å²) in [5.41, 5.74) is 0.453. The molecule has 1 aromatic rings. The molecule has 19 heavy (non-hydrogen) atoms. The number of nitrogens with one attached hydrogen (secondary N) is 1. The van der Waals surface area contributed by atoms with Gasteiger partial charge >= 0.3 is 6.09 Å². The Labute approximate surface area is 117 Å². The predicted molar refractivity (Wildman–Crippen MR) is 76.1 cm³/mol. The van der Waals surface area contributed by atoms with Gasteiger partial charge in [-0.3, -0.25) is 0 Å². The van der Waals surface area contributed by atoms with Crippen molar-refractivity contribution in [2.24, 2.45) is 0 Å². The van der Waals surface area contributed by atoms with E-state index in [1.54, 1.807) is 0 Å². The van der Waals surface area contributed by atoms with Crippen LogP contribution in [0.5, 0.6) is 0 Å². The van der Waals surface area contributed by atoms with Crippen molar-refractivity contribution in [1.29, 1.82) is 0 Å². The summed E-state index contributed by atoms with van der Waals surface area (Å²) in [6, 6.07) is 9.55. The van der Waals surface area contributed by atoms with Crippen LogP contribution < -0.4 is 5.32 Å². The van der Waals surface area contributed by atoms with Gasteiger partial charge in [0.1, 0.15) is 6.61 Å². The van der Waals surface area contributed by atoms with Crippen molar-refractivity contribution in [2.45, 2.75) is 25.0 Å². The maximum atomic E-state index is 11.8. The van der Waals surface area contributed by atoms with Crippen molar-refractivity contribution in [3.05, 3.63) is 35.9 Å². The zero-order valence-electron chi connectivity index (χ0n) is 10.8. The molecule has 1 aliphatic heterocycles. The standard InChI is InChI=1S/C14H19NO3S/c16-11-14(6-8-19-9-7-14)15-13(17)18-10-12-4-2-1-3-5-12/h1-5,16H,6-11H2,(H,15,17). The average molecular weight is 281 g/mol. The number of aliphatic hydroxyl groups excluding tert-OH is 1. The van der Waals surface area contributed by atoms with Crippen LogP contribution in [0.3, 0.4) is 0 Å². The normalized spacial score (nSPS) is 17.7. The van der Waals surface area contributed by atoms with Gasteiger partial charge in [0.2, 0.25) is 0 Å². The molecule has 2 rings (SSSR count).